The van der Waals surface area contributed by atoms with Crippen LogP contribution in [0, 0.1) is 0 Å². The highest BCUT2D eigenvalue weighted by Gasteiger charge is 2.10. The zero-order valence-electron chi connectivity index (χ0n) is 13.6. The molecule has 0 aromatic heterocycles. The lowest BCUT2D eigenvalue weighted by atomic mass is 10.1. The number of hydrogen-bond acceptors (Lipinski definition) is 3. The second-order valence-electron chi connectivity index (χ2n) is 5.17. The Kier molecular flexibility index (Phi) is 6.76. The fourth-order valence-corrected chi connectivity index (χ4v) is 2.65. The highest BCUT2D eigenvalue weighted by atomic mass is 35.5. The summed E-state index contributed by atoms with van der Waals surface area (Å²) in [5, 5.41) is 3.68. The van der Waals surface area contributed by atoms with Crippen molar-refractivity contribution in [1.82, 2.24) is 5.32 Å². The summed E-state index contributed by atoms with van der Waals surface area (Å²) < 4.78 is 10.9. The lowest BCUT2D eigenvalue weighted by Crippen LogP contribution is -2.22. The summed E-state index contributed by atoms with van der Waals surface area (Å²) >= 11 is 11.8. The molecule has 0 aliphatic carbocycles. The van der Waals surface area contributed by atoms with Crippen LogP contribution in [0.5, 0.6) is 11.5 Å². The first-order valence-electron chi connectivity index (χ1n) is 7.57. The monoisotopic (exact) mass is 367 g/mol. The van der Waals surface area contributed by atoms with Gasteiger partial charge in [0.2, 0.25) is 0 Å². The van der Waals surface area contributed by atoms with Gasteiger partial charge in [-0.25, -0.2) is 0 Å². The topological polar surface area (TPSA) is 47.6 Å². The van der Waals surface area contributed by atoms with Gasteiger partial charge in [0.05, 0.1) is 13.7 Å². The van der Waals surface area contributed by atoms with E-state index in [0.29, 0.717) is 40.3 Å². The molecular formula is C18H19Cl2NO3. The van der Waals surface area contributed by atoms with E-state index in [9.17, 15) is 4.79 Å². The molecule has 0 radical (unpaired) electrons. The molecule has 0 unspecified atom stereocenters. The van der Waals surface area contributed by atoms with Gasteiger partial charge in [0, 0.05) is 22.2 Å². The molecule has 0 aliphatic rings. The molecule has 1 amide bonds. The number of carbonyl (C=O) groups is 1. The highest BCUT2D eigenvalue weighted by Crippen LogP contribution is 2.28. The van der Waals surface area contributed by atoms with Crippen molar-refractivity contribution in [2.24, 2.45) is 0 Å². The van der Waals surface area contributed by atoms with E-state index in [2.05, 4.69) is 5.32 Å². The molecule has 2 rings (SSSR count). The Labute approximate surface area is 151 Å². The molecule has 2 aromatic carbocycles. The summed E-state index contributed by atoms with van der Waals surface area (Å²) in [7, 11) is 1.59. The molecule has 0 saturated carbocycles. The van der Waals surface area contributed by atoms with Gasteiger partial charge >= 0.3 is 0 Å². The second-order valence-corrected chi connectivity index (χ2v) is 6.05. The van der Waals surface area contributed by atoms with Gasteiger partial charge in [0.15, 0.2) is 11.5 Å². The molecule has 0 aliphatic heterocycles. The van der Waals surface area contributed by atoms with Gasteiger partial charge in [0.1, 0.15) is 0 Å². The summed E-state index contributed by atoms with van der Waals surface area (Å²) in [6.07, 6.45) is 0.920. The van der Waals surface area contributed by atoms with Crippen LogP contribution in [0.1, 0.15) is 29.3 Å². The quantitative estimate of drug-likeness (QED) is 0.769. The van der Waals surface area contributed by atoms with E-state index < -0.39 is 0 Å². The van der Waals surface area contributed by atoms with Crippen molar-refractivity contribution in [1.29, 1.82) is 0 Å². The summed E-state index contributed by atoms with van der Waals surface area (Å²) in [6.45, 7) is 3.02. The molecule has 0 bridgehead atoms. The first-order chi connectivity index (χ1) is 11.5. The summed E-state index contributed by atoms with van der Waals surface area (Å²) in [6, 6.07) is 10.3. The van der Waals surface area contributed by atoms with Crippen molar-refractivity contribution in [3.05, 3.63) is 57.6 Å². The van der Waals surface area contributed by atoms with Crippen LogP contribution in [-0.4, -0.2) is 19.6 Å². The van der Waals surface area contributed by atoms with Gasteiger partial charge in [-0.05, 0) is 42.3 Å². The van der Waals surface area contributed by atoms with E-state index in [1.807, 2.05) is 25.1 Å². The van der Waals surface area contributed by atoms with Crippen molar-refractivity contribution < 1.29 is 14.3 Å². The van der Waals surface area contributed by atoms with Crippen LogP contribution in [0.25, 0.3) is 0 Å². The fourth-order valence-electron chi connectivity index (χ4n) is 2.12. The minimum atomic E-state index is -0.246. The van der Waals surface area contributed by atoms with Crippen LogP contribution in [0.15, 0.2) is 36.4 Å². The van der Waals surface area contributed by atoms with Gasteiger partial charge in [-0.15, -0.1) is 0 Å². The van der Waals surface area contributed by atoms with Crippen LogP contribution < -0.4 is 14.8 Å². The molecule has 24 heavy (non-hydrogen) atoms. The van der Waals surface area contributed by atoms with E-state index in [1.54, 1.807) is 25.3 Å². The Balaban J connectivity index is 2.04. The number of amides is 1. The summed E-state index contributed by atoms with van der Waals surface area (Å²) in [4.78, 5) is 12.2. The number of benzene rings is 2. The fraction of sp³-hybridized carbons (Fsp3) is 0.278. The summed E-state index contributed by atoms with van der Waals surface area (Å²) in [5.74, 6) is 1.08. The average molecular weight is 368 g/mol. The van der Waals surface area contributed by atoms with Gasteiger partial charge in [-0.1, -0.05) is 36.2 Å². The van der Waals surface area contributed by atoms with E-state index >= 15 is 0 Å². The number of methoxy groups -OCH3 is 1. The van der Waals surface area contributed by atoms with E-state index in [0.717, 1.165) is 12.0 Å². The van der Waals surface area contributed by atoms with Crippen molar-refractivity contribution in [3.63, 3.8) is 0 Å². The van der Waals surface area contributed by atoms with Crippen molar-refractivity contribution in [2.75, 3.05) is 13.7 Å². The molecular weight excluding hydrogens is 349 g/mol. The molecule has 6 heteroatoms. The van der Waals surface area contributed by atoms with Gasteiger partial charge in [-0.3, -0.25) is 4.79 Å². The smallest absolute Gasteiger partial charge is 0.251 e. The van der Waals surface area contributed by atoms with Crippen molar-refractivity contribution >= 4 is 29.1 Å². The Morgan fingerprint density at radius 2 is 1.79 bits per heavy atom. The molecule has 0 spiro atoms. The van der Waals surface area contributed by atoms with E-state index in [-0.39, 0.29) is 5.91 Å². The largest absolute Gasteiger partial charge is 0.493 e. The number of rotatable bonds is 7. The van der Waals surface area contributed by atoms with Crippen LogP contribution in [0.4, 0.5) is 0 Å². The van der Waals surface area contributed by atoms with Crippen LogP contribution in [-0.2, 0) is 6.54 Å². The van der Waals surface area contributed by atoms with Crippen LogP contribution >= 0.6 is 23.2 Å². The third-order valence-corrected chi connectivity index (χ3v) is 3.70. The predicted octanol–water partition coefficient (Wildman–Crippen LogP) is 4.72. The van der Waals surface area contributed by atoms with Crippen molar-refractivity contribution in [2.45, 2.75) is 19.9 Å². The maximum Gasteiger partial charge on any atom is 0.251 e. The summed E-state index contributed by atoms with van der Waals surface area (Å²) in [5.41, 5.74) is 1.32. The Hall–Kier alpha value is -1.91. The lowest BCUT2D eigenvalue weighted by Gasteiger charge is -2.12. The minimum Gasteiger partial charge on any atom is -0.493 e. The van der Waals surface area contributed by atoms with Gasteiger partial charge in [-0.2, -0.15) is 0 Å². The number of nitrogens with one attached hydrogen (secondary N) is 1. The normalized spacial score (nSPS) is 10.3. The number of carbonyl (C=O) groups excluding carboxylic acids is 1. The molecule has 1 N–H and O–H groups in total. The van der Waals surface area contributed by atoms with Crippen LogP contribution in [0.2, 0.25) is 10.0 Å². The van der Waals surface area contributed by atoms with Crippen molar-refractivity contribution in [3.8, 4) is 11.5 Å². The standard InChI is InChI=1S/C18H19Cl2NO3/c1-3-6-24-16-5-4-12(7-17(16)23-2)11-21-18(22)13-8-14(19)10-15(20)9-13/h4-5,7-10H,3,6,11H2,1-2H3,(H,21,22). The van der Waals surface area contributed by atoms with Crippen LogP contribution in [0.3, 0.4) is 0 Å². The first kappa shape index (κ1) is 18.4. The SMILES string of the molecule is CCCOc1ccc(CNC(=O)c2cc(Cl)cc(Cl)c2)cc1OC. The maximum absolute atomic E-state index is 12.2. The number of hydrogen-bond donors (Lipinski definition) is 1. The maximum atomic E-state index is 12.2. The molecule has 0 saturated heterocycles. The molecule has 128 valence electrons. The van der Waals surface area contributed by atoms with Gasteiger partial charge < -0.3 is 14.8 Å². The Bertz CT molecular complexity index is 699. The zero-order chi connectivity index (χ0) is 17.5. The highest BCUT2D eigenvalue weighted by molar-refractivity contribution is 6.35. The third-order valence-electron chi connectivity index (χ3n) is 3.27. The average Bonchev–Trinajstić information content (AvgIpc) is 2.57. The predicted molar refractivity (Wildman–Crippen MR) is 96.4 cm³/mol. The lowest BCUT2D eigenvalue weighted by molar-refractivity contribution is 0.0951. The number of ether oxygens (including phenoxy) is 2. The van der Waals surface area contributed by atoms with Gasteiger partial charge in [0.25, 0.3) is 5.91 Å². The molecule has 4 nitrogen and oxygen atoms in total. The van der Waals surface area contributed by atoms with E-state index in [1.165, 1.54) is 0 Å². The second kappa shape index (κ2) is 8.81. The van der Waals surface area contributed by atoms with E-state index in [4.69, 9.17) is 32.7 Å². The minimum absolute atomic E-state index is 0.246. The zero-order valence-corrected chi connectivity index (χ0v) is 15.1. The number of halogens is 2. The third kappa shape index (κ3) is 5.05. The first-order valence-corrected chi connectivity index (χ1v) is 8.33. The Morgan fingerprint density at radius 1 is 1.08 bits per heavy atom. The Morgan fingerprint density at radius 3 is 2.42 bits per heavy atom. The molecule has 0 atom stereocenters. The molecule has 0 heterocycles. The molecule has 2 aromatic rings. The molecule has 0 fully saturated rings.